The van der Waals surface area contributed by atoms with Crippen molar-refractivity contribution >= 4 is 5.91 Å². The first-order valence-corrected chi connectivity index (χ1v) is 7.87. The van der Waals surface area contributed by atoms with Gasteiger partial charge in [-0.15, -0.1) is 0 Å². The topological polar surface area (TPSA) is 64.3 Å². The maximum atomic E-state index is 11.6. The summed E-state index contributed by atoms with van der Waals surface area (Å²) in [6.07, 6.45) is 5.35. The first-order chi connectivity index (χ1) is 10.2. The molecule has 0 aromatic heterocycles. The van der Waals surface area contributed by atoms with E-state index >= 15 is 0 Å². The van der Waals surface area contributed by atoms with Crippen LogP contribution < -0.4 is 11.1 Å². The van der Waals surface area contributed by atoms with Crippen molar-refractivity contribution in [2.45, 2.75) is 44.8 Å². The number of rotatable bonds is 7. The summed E-state index contributed by atoms with van der Waals surface area (Å²) in [5.41, 5.74) is 6.37. The smallest absolute Gasteiger partial charge is 0.239 e. The fourth-order valence-corrected chi connectivity index (χ4v) is 2.97. The Balaban J connectivity index is 1.76. The van der Waals surface area contributed by atoms with Gasteiger partial charge in [-0.05, 0) is 24.3 Å². The summed E-state index contributed by atoms with van der Waals surface area (Å²) in [7, 11) is 0. The number of carbonyl (C=O) groups is 1. The van der Waals surface area contributed by atoms with Crippen LogP contribution in [0.5, 0.6) is 0 Å². The molecule has 3 N–H and O–H groups in total. The average molecular weight is 290 g/mol. The van der Waals surface area contributed by atoms with Crippen LogP contribution in [-0.2, 0) is 9.53 Å². The van der Waals surface area contributed by atoms with Crippen LogP contribution in [-0.4, -0.2) is 25.2 Å². The van der Waals surface area contributed by atoms with Crippen molar-refractivity contribution in [2.24, 2.45) is 11.7 Å². The summed E-state index contributed by atoms with van der Waals surface area (Å²) in [4.78, 5) is 11.6. The lowest BCUT2D eigenvalue weighted by atomic mass is 9.88. The normalized spacial score (nSPS) is 23.7. The Kier molecular flexibility index (Phi) is 6.21. The summed E-state index contributed by atoms with van der Waals surface area (Å²) in [6, 6.07) is 9.12. The molecule has 4 heteroatoms. The number of nitrogens with two attached hydrogens (primary N) is 1. The zero-order chi connectivity index (χ0) is 15.1. The van der Waals surface area contributed by atoms with E-state index < -0.39 is 6.04 Å². The number of carbonyl (C=O) groups excluding carboxylic acids is 1. The second-order valence-corrected chi connectivity index (χ2v) is 5.87. The van der Waals surface area contributed by atoms with Crippen molar-refractivity contribution in [1.29, 1.82) is 0 Å². The standard InChI is InChI=1S/C17H26N2O2/c1-13-7-5-6-10-15(13)21-12-11-19-16(17(18)20)14-8-3-2-4-9-14/h2-4,8-9,13,15-16,19H,5-7,10-12H2,1H3,(H2,18,20)/t13-,15+,16-/m1/s1. The van der Waals surface area contributed by atoms with E-state index in [4.69, 9.17) is 10.5 Å². The average Bonchev–Trinajstić information content (AvgIpc) is 2.49. The number of ether oxygens (including phenoxy) is 1. The molecule has 2 rings (SSSR count). The molecule has 1 aromatic carbocycles. The molecule has 1 aromatic rings. The Morgan fingerprint density at radius 1 is 1.33 bits per heavy atom. The SMILES string of the molecule is C[C@@H]1CCCC[C@@H]1OCCN[C@@H](C(N)=O)c1ccccc1. The lowest BCUT2D eigenvalue weighted by molar-refractivity contribution is -0.120. The summed E-state index contributed by atoms with van der Waals surface area (Å²) in [5.74, 6) is 0.284. The lowest BCUT2D eigenvalue weighted by Crippen LogP contribution is -2.36. The van der Waals surface area contributed by atoms with Crippen LogP contribution in [0.15, 0.2) is 30.3 Å². The number of primary amides is 1. The van der Waals surface area contributed by atoms with Gasteiger partial charge in [-0.1, -0.05) is 50.1 Å². The number of hydrogen-bond donors (Lipinski definition) is 2. The van der Waals surface area contributed by atoms with Crippen LogP contribution in [0.3, 0.4) is 0 Å². The highest BCUT2D eigenvalue weighted by Gasteiger charge is 2.22. The third kappa shape index (κ3) is 4.83. The molecular formula is C17H26N2O2. The van der Waals surface area contributed by atoms with Gasteiger partial charge < -0.3 is 10.5 Å². The number of hydrogen-bond acceptors (Lipinski definition) is 3. The minimum atomic E-state index is -0.446. The van der Waals surface area contributed by atoms with Gasteiger partial charge in [-0.25, -0.2) is 0 Å². The highest BCUT2D eigenvalue weighted by atomic mass is 16.5. The van der Waals surface area contributed by atoms with Crippen molar-refractivity contribution in [3.8, 4) is 0 Å². The molecule has 116 valence electrons. The van der Waals surface area contributed by atoms with Crippen LogP contribution in [0.2, 0.25) is 0 Å². The Morgan fingerprint density at radius 2 is 2.05 bits per heavy atom. The Hall–Kier alpha value is -1.39. The van der Waals surface area contributed by atoms with Gasteiger partial charge >= 0.3 is 0 Å². The predicted molar refractivity (Wildman–Crippen MR) is 83.8 cm³/mol. The van der Waals surface area contributed by atoms with Crippen molar-refractivity contribution in [2.75, 3.05) is 13.2 Å². The first kappa shape index (κ1) is 16.0. The fraction of sp³-hybridized carbons (Fsp3) is 0.588. The van der Waals surface area contributed by atoms with E-state index in [0.717, 1.165) is 12.0 Å². The third-order valence-electron chi connectivity index (χ3n) is 4.23. The number of nitrogens with one attached hydrogen (secondary N) is 1. The molecule has 3 atom stereocenters. The van der Waals surface area contributed by atoms with Gasteiger partial charge in [0.05, 0.1) is 12.7 Å². The predicted octanol–water partition coefficient (Wildman–Crippen LogP) is 2.40. The van der Waals surface area contributed by atoms with E-state index in [2.05, 4.69) is 12.2 Å². The Morgan fingerprint density at radius 3 is 2.71 bits per heavy atom. The molecule has 1 amide bonds. The Labute approximate surface area is 127 Å². The molecule has 0 unspecified atom stereocenters. The van der Waals surface area contributed by atoms with E-state index in [1.165, 1.54) is 19.3 Å². The third-order valence-corrected chi connectivity index (χ3v) is 4.23. The van der Waals surface area contributed by atoms with Gasteiger partial charge in [-0.2, -0.15) is 0 Å². The monoisotopic (exact) mass is 290 g/mol. The molecule has 1 aliphatic rings. The zero-order valence-electron chi connectivity index (χ0n) is 12.8. The molecule has 21 heavy (non-hydrogen) atoms. The molecule has 1 saturated carbocycles. The molecule has 1 fully saturated rings. The van der Waals surface area contributed by atoms with Crippen molar-refractivity contribution in [3.05, 3.63) is 35.9 Å². The fourth-order valence-electron chi connectivity index (χ4n) is 2.97. The highest BCUT2D eigenvalue weighted by molar-refractivity contribution is 5.81. The van der Waals surface area contributed by atoms with Gasteiger partial charge in [0.2, 0.25) is 5.91 Å². The van der Waals surface area contributed by atoms with Gasteiger partial charge in [0, 0.05) is 6.54 Å². The summed E-state index contributed by atoms with van der Waals surface area (Å²) in [6.45, 7) is 3.50. The molecule has 0 spiro atoms. The molecule has 4 nitrogen and oxygen atoms in total. The van der Waals surface area contributed by atoms with Gasteiger partial charge in [-0.3, -0.25) is 10.1 Å². The largest absolute Gasteiger partial charge is 0.377 e. The molecule has 0 saturated heterocycles. The van der Waals surface area contributed by atoms with E-state index in [1.807, 2.05) is 30.3 Å². The van der Waals surface area contributed by atoms with E-state index in [0.29, 0.717) is 25.2 Å². The second-order valence-electron chi connectivity index (χ2n) is 5.87. The maximum Gasteiger partial charge on any atom is 0.239 e. The molecule has 0 aliphatic heterocycles. The molecule has 1 aliphatic carbocycles. The van der Waals surface area contributed by atoms with Crippen molar-refractivity contribution in [3.63, 3.8) is 0 Å². The van der Waals surface area contributed by atoms with Crippen LogP contribution in [0, 0.1) is 5.92 Å². The highest BCUT2D eigenvalue weighted by Crippen LogP contribution is 2.26. The second kappa shape index (κ2) is 8.15. The van der Waals surface area contributed by atoms with E-state index in [-0.39, 0.29) is 5.91 Å². The van der Waals surface area contributed by atoms with Crippen molar-refractivity contribution in [1.82, 2.24) is 5.32 Å². The number of benzene rings is 1. The van der Waals surface area contributed by atoms with Crippen molar-refractivity contribution < 1.29 is 9.53 Å². The minimum absolute atomic E-state index is 0.354. The quantitative estimate of drug-likeness (QED) is 0.758. The summed E-state index contributed by atoms with van der Waals surface area (Å²) >= 11 is 0. The summed E-state index contributed by atoms with van der Waals surface area (Å²) < 4.78 is 5.95. The molecule has 0 radical (unpaired) electrons. The van der Waals surface area contributed by atoms with Gasteiger partial charge in [0.15, 0.2) is 0 Å². The molecule has 0 heterocycles. The van der Waals surface area contributed by atoms with E-state index in [9.17, 15) is 4.79 Å². The first-order valence-electron chi connectivity index (χ1n) is 7.87. The molecule has 0 bridgehead atoms. The van der Waals surface area contributed by atoms with Crippen LogP contribution in [0.25, 0.3) is 0 Å². The molecular weight excluding hydrogens is 264 g/mol. The van der Waals surface area contributed by atoms with Crippen LogP contribution in [0.4, 0.5) is 0 Å². The number of amides is 1. The minimum Gasteiger partial charge on any atom is -0.377 e. The maximum absolute atomic E-state index is 11.6. The van der Waals surface area contributed by atoms with Gasteiger partial charge in [0.1, 0.15) is 6.04 Å². The Bertz CT molecular complexity index is 436. The van der Waals surface area contributed by atoms with E-state index in [1.54, 1.807) is 0 Å². The van der Waals surface area contributed by atoms with Crippen LogP contribution in [0.1, 0.15) is 44.2 Å². The lowest BCUT2D eigenvalue weighted by Gasteiger charge is -2.29. The zero-order valence-corrected chi connectivity index (χ0v) is 12.8. The summed E-state index contributed by atoms with van der Waals surface area (Å²) in [5, 5.41) is 3.19. The van der Waals surface area contributed by atoms with Crippen LogP contribution >= 0.6 is 0 Å². The van der Waals surface area contributed by atoms with Gasteiger partial charge in [0.25, 0.3) is 0 Å².